The number of carbonyl (C=O) groups excluding carboxylic acids is 3. The van der Waals surface area contributed by atoms with Gasteiger partial charge >= 0.3 is 5.97 Å². The van der Waals surface area contributed by atoms with E-state index in [4.69, 9.17) is 23.7 Å². The number of fused-ring (bicyclic) bond motifs is 1. The molecule has 0 N–H and O–H groups in total. The van der Waals surface area contributed by atoms with Gasteiger partial charge in [0.15, 0.2) is 23.1 Å². The summed E-state index contributed by atoms with van der Waals surface area (Å²) in [4.78, 5) is 39.4. The Bertz CT molecular complexity index is 1080. The number of ketones is 2. The van der Waals surface area contributed by atoms with Crippen molar-refractivity contribution in [2.45, 2.75) is 12.8 Å². The van der Waals surface area contributed by atoms with Crippen molar-refractivity contribution in [1.82, 2.24) is 0 Å². The van der Waals surface area contributed by atoms with Crippen molar-refractivity contribution in [2.24, 2.45) is 5.92 Å². The number of methoxy groups -OCH3 is 4. The molecule has 1 aliphatic rings. The van der Waals surface area contributed by atoms with Crippen LogP contribution in [-0.4, -0.2) is 52.6 Å². The first-order valence-corrected chi connectivity index (χ1v) is 10.3. The van der Waals surface area contributed by atoms with Gasteiger partial charge in [-0.15, -0.1) is 0 Å². The number of carbonyl (C=O) groups is 3. The van der Waals surface area contributed by atoms with Gasteiger partial charge in [0.25, 0.3) is 0 Å². The zero-order valence-corrected chi connectivity index (χ0v) is 19.2. The van der Waals surface area contributed by atoms with Crippen LogP contribution in [0.1, 0.15) is 34.3 Å². The maximum absolute atomic E-state index is 13.4. The van der Waals surface area contributed by atoms with Gasteiger partial charge in [0.2, 0.25) is 5.75 Å². The maximum Gasteiger partial charge on any atom is 0.317 e. The van der Waals surface area contributed by atoms with Crippen LogP contribution in [0.2, 0.25) is 0 Å². The third-order valence-corrected chi connectivity index (χ3v) is 5.46. The summed E-state index contributed by atoms with van der Waals surface area (Å²) in [5.74, 6) is -2.87. The Hall–Kier alpha value is -3.81. The molecule has 0 aliphatic heterocycles. The lowest BCUT2D eigenvalue weighted by atomic mass is 9.87. The molecule has 0 amide bonds. The fourth-order valence-corrected chi connectivity index (χ4v) is 3.96. The van der Waals surface area contributed by atoms with Crippen LogP contribution in [0.25, 0.3) is 6.08 Å². The predicted octanol–water partition coefficient (Wildman–Crippen LogP) is 3.46. The summed E-state index contributed by atoms with van der Waals surface area (Å²) in [6, 6.07) is 8.56. The number of rotatable bonds is 9. The number of hydrogen-bond acceptors (Lipinski definition) is 8. The molecule has 0 bridgehead atoms. The highest BCUT2D eigenvalue weighted by atomic mass is 16.5. The lowest BCUT2D eigenvalue weighted by Gasteiger charge is -2.19. The van der Waals surface area contributed by atoms with Crippen LogP contribution in [-0.2, 0) is 14.3 Å². The lowest BCUT2D eigenvalue weighted by molar-refractivity contribution is -0.147. The van der Waals surface area contributed by atoms with Crippen LogP contribution < -0.4 is 18.9 Å². The molecule has 1 aliphatic carbocycles. The van der Waals surface area contributed by atoms with Crippen molar-refractivity contribution in [2.75, 3.05) is 35.0 Å². The minimum atomic E-state index is -1.33. The first-order valence-electron chi connectivity index (χ1n) is 10.3. The molecule has 0 fully saturated rings. The second-order valence-electron chi connectivity index (χ2n) is 7.19. The summed E-state index contributed by atoms with van der Waals surface area (Å²) in [6.45, 7) is 1.71. The van der Waals surface area contributed by atoms with Crippen molar-refractivity contribution >= 4 is 23.6 Å². The normalized spacial score (nSPS) is 16.9. The highest BCUT2D eigenvalue weighted by Crippen LogP contribution is 2.51. The Morgan fingerprint density at radius 1 is 0.909 bits per heavy atom. The first-order chi connectivity index (χ1) is 15.9. The van der Waals surface area contributed by atoms with E-state index in [9.17, 15) is 14.4 Å². The smallest absolute Gasteiger partial charge is 0.317 e. The summed E-state index contributed by atoms with van der Waals surface area (Å²) >= 11 is 0. The van der Waals surface area contributed by atoms with E-state index in [2.05, 4.69) is 0 Å². The molecule has 174 valence electrons. The topological polar surface area (TPSA) is 97.4 Å². The van der Waals surface area contributed by atoms with Crippen molar-refractivity contribution in [3.8, 4) is 23.0 Å². The predicted molar refractivity (Wildman–Crippen MR) is 120 cm³/mol. The van der Waals surface area contributed by atoms with Crippen molar-refractivity contribution in [1.29, 1.82) is 0 Å². The number of benzene rings is 2. The third-order valence-electron chi connectivity index (χ3n) is 5.46. The molecule has 0 radical (unpaired) electrons. The molecule has 3 rings (SSSR count). The molecular weight excluding hydrogens is 428 g/mol. The van der Waals surface area contributed by atoms with E-state index in [0.29, 0.717) is 5.75 Å². The summed E-state index contributed by atoms with van der Waals surface area (Å²) < 4.78 is 26.6. The minimum Gasteiger partial charge on any atom is -0.497 e. The second kappa shape index (κ2) is 10.2. The SMILES string of the molecule is CCOC(=O)[C@@H]1C(=O)c2cc(OC)c(OC)c(OC)c2[C@H]1C(=O)/C=C/c1ccc(OC)cc1. The van der Waals surface area contributed by atoms with Crippen LogP contribution in [0.15, 0.2) is 36.4 Å². The molecule has 8 heteroatoms. The highest BCUT2D eigenvalue weighted by molar-refractivity contribution is 6.20. The standard InChI is InChI=1S/C25H26O8/c1-6-33-25(28)21-20(17(26)12-9-14-7-10-15(29-2)11-8-14)19-16(22(21)27)13-18(30-3)23(31-4)24(19)32-5/h7-13,20-21H,6H2,1-5H3/b12-9+/t20-,21+/m1/s1. The van der Waals surface area contributed by atoms with E-state index in [-0.39, 0.29) is 35.0 Å². The summed E-state index contributed by atoms with van der Waals surface area (Å²) in [7, 11) is 5.81. The molecule has 0 heterocycles. The highest BCUT2D eigenvalue weighted by Gasteiger charge is 2.51. The quantitative estimate of drug-likeness (QED) is 0.323. The number of esters is 1. The monoisotopic (exact) mass is 454 g/mol. The van der Waals surface area contributed by atoms with Crippen molar-refractivity contribution < 1.29 is 38.1 Å². The lowest BCUT2D eigenvalue weighted by Crippen LogP contribution is -2.29. The van der Waals surface area contributed by atoms with Gasteiger partial charge in [-0.25, -0.2) is 0 Å². The van der Waals surface area contributed by atoms with E-state index in [0.717, 1.165) is 5.56 Å². The minimum absolute atomic E-state index is 0.0747. The third kappa shape index (κ3) is 4.41. The Balaban J connectivity index is 2.12. The number of allylic oxidation sites excluding steroid dienone is 1. The Labute approximate surface area is 192 Å². The number of hydrogen-bond donors (Lipinski definition) is 0. The molecule has 0 saturated heterocycles. The Kier molecular flexibility index (Phi) is 7.37. The second-order valence-corrected chi connectivity index (χ2v) is 7.19. The van der Waals surface area contributed by atoms with Gasteiger partial charge in [0, 0.05) is 11.1 Å². The van der Waals surface area contributed by atoms with E-state index >= 15 is 0 Å². The van der Waals surface area contributed by atoms with Crippen LogP contribution in [0.3, 0.4) is 0 Å². The van der Waals surface area contributed by atoms with Crippen LogP contribution in [0, 0.1) is 5.92 Å². The van der Waals surface area contributed by atoms with Crippen LogP contribution >= 0.6 is 0 Å². The molecule has 0 spiro atoms. The molecular formula is C25H26O8. The van der Waals surface area contributed by atoms with Gasteiger partial charge in [-0.3, -0.25) is 14.4 Å². The van der Waals surface area contributed by atoms with Gasteiger partial charge in [0.1, 0.15) is 11.7 Å². The molecule has 2 aromatic carbocycles. The van der Waals surface area contributed by atoms with E-state index in [1.54, 1.807) is 44.4 Å². The van der Waals surface area contributed by atoms with Crippen molar-refractivity contribution in [3.63, 3.8) is 0 Å². The Morgan fingerprint density at radius 2 is 1.58 bits per heavy atom. The average Bonchev–Trinajstić information content (AvgIpc) is 3.13. The first kappa shape index (κ1) is 23.8. The molecule has 33 heavy (non-hydrogen) atoms. The summed E-state index contributed by atoms with van der Waals surface area (Å²) in [5, 5.41) is 0. The summed E-state index contributed by atoms with van der Waals surface area (Å²) in [6.07, 6.45) is 2.96. The van der Waals surface area contributed by atoms with Crippen molar-refractivity contribution in [3.05, 3.63) is 53.1 Å². The fourth-order valence-electron chi connectivity index (χ4n) is 3.96. The van der Waals surface area contributed by atoms with E-state index < -0.39 is 29.4 Å². The molecule has 8 nitrogen and oxygen atoms in total. The number of Topliss-reactive ketones (excluding diaryl/α,β-unsaturated/α-hetero) is 1. The summed E-state index contributed by atoms with van der Waals surface area (Å²) in [5.41, 5.74) is 1.20. The maximum atomic E-state index is 13.4. The largest absolute Gasteiger partial charge is 0.497 e. The van der Waals surface area contributed by atoms with Gasteiger partial charge in [-0.05, 0) is 36.8 Å². The van der Waals surface area contributed by atoms with E-state index in [1.165, 1.54) is 33.5 Å². The molecule has 2 aromatic rings. The van der Waals surface area contributed by atoms with Gasteiger partial charge in [0.05, 0.1) is 41.0 Å². The molecule has 0 aromatic heterocycles. The number of ether oxygens (including phenoxy) is 5. The molecule has 0 saturated carbocycles. The van der Waals surface area contributed by atoms with Gasteiger partial charge in [-0.1, -0.05) is 18.2 Å². The van der Waals surface area contributed by atoms with E-state index in [1.807, 2.05) is 0 Å². The fraction of sp³-hybridized carbons (Fsp3) is 0.320. The van der Waals surface area contributed by atoms with Gasteiger partial charge < -0.3 is 23.7 Å². The molecule has 0 unspecified atom stereocenters. The van der Waals surface area contributed by atoms with Crippen LogP contribution in [0.5, 0.6) is 23.0 Å². The average molecular weight is 454 g/mol. The zero-order chi connectivity index (χ0) is 24.1. The zero-order valence-electron chi connectivity index (χ0n) is 19.2. The Morgan fingerprint density at radius 3 is 2.12 bits per heavy atom. The van der Waals surface area contributed by atoms with Gasteiger partial charge in [-0.2, -0.15) is 0 Å². The van der Waals surface area contributed by atoms with Crippen LogP contribution in [0.4, 0.5) is 0 Å². The molecule has 2 atom stereocenters.